The Hall–Kier alpha value is -1.39. The Morgan fingerprint density at radius 3 is 3.06 bits per heavy atom. The van der Waals surface area contributed by atoms with Gasteiger partial charge in [-0.3, -0.25) is 4.79 Å². The van der Waals surface area contributed by atoms with E-state index < -0.39 is 0 Å². The van der Waals surface area contributed by atoms with Gasteiger partial charge in [0.1, 0.15) is 0 Å². The highest BCUT2D eigenvalue weighted by molar-refractivity contribution is 5.70. The maximum Gasteiger partial charge on any atom is 0.307 e. The van der Waals surface area contributed by atoms with Gasteiger partial charge in [-0.1, -0.05) is 24.3 Å². The Bertz CT molecular complexity index is 405. The third-order valence-electron chi connectivity index (χ3n) is 3.05. The van der Waals surface area contributed by atoms with Crippen LogP contribution in [0.5, 0.6) is 0 Å². The van der Waals surface area contributed by atoms with E-state index >= 15 is 0 Å². The third-order valence-corrected chi connectivity index (χ3v) is 3.05. The minimum Gasteiger partial charge on any atom is -0.466 e. The number of ether oxygens (including phenoxy) is 1. The van der Waals surface area contributed by atoms with Gasteiger partial charge in [-0.15, -0.1) is 0 Å². The molecule has 1 heterocycles. The van der Waals surface area contributed by atoms with Crippen LogP contribution >= 0.6 is 0 Å². The van der Waals surface area contributed by atoms with Crippen LogP contribution in [-0.4, -0.2) is 29.4 Å². The van der Waals surface area contributed by atoms with E-state index in [4.69, 9.17) is 4.74 Å². The third kappa shape index (κ3) is 2.65. The molecule has 1 N–H and O–H groups in total. The fourth-order valence-corrected chi connectivity index (χ4v) is 2.23. The molecule has 17 heavy (non-hydrogen) atoms. The summed E-state index contributed by atoms with van der Waals surface area (Å²) in [6, 6.07) is 7.63. The molecule has 0 aliphatic carbocycles. The Balaban J connectivity index is 2.18. The molecule has 1 aromatic rings. The second-order valence-corrected chi connectivity index (χ2v) is 4.14. The average Bonchev–Trinajstić information content (AvgIpc) is 2.33. The van der Waals surface area contributed by atoms with Crippen LogP contribution in [0.4, 0.5) is 0 Å². The summed E-state index contributed by atoms with van der Waals surface area (Å²) in [5.74, 6) is -0.270. The lowest BCUT2D eigenvalue weighted by molar-refractivity contribution is -0.159. The second kappa shape index (κ2) is 5.29. The van der Waals surface area contributed by atoms with E-state index in [-0.39, 0.29) is 18.4 Å². The van der Waals surface area contributed by atoms with Gasteiger partial charge in [0.05, 0.1) is 19.1 Å². The molecule has 1 atom stereocenters. The van der Waals surface area contributed by atoms with Crippen molar-refractivity contribution in [3.05, 3.63) is 35.4 Å². The maximum atomic E-state index is 11.5. The maximum absolute atomic E-state index is 11.5. The standard InChI is InChI=1S/C13H17NO3/c1-2-17-13(15)9-12-11-6-4-3-5-10(11)7-8-14(12)16/h3-6,12,16H,2,7-9H2,1H3. The van der Waals surface area contributed by atoms with E-state index in [2.05, 4.69) is 0 Å². The van der Waals surface area contributed by atoms with Crippen molar-refractivity contribution in [3.63, 3.8) is 0 Å². The van der Waals surface area contributed by atoms with Crippen LogP contribution in [0.15, 0.2) is 24.3 Å². The number of fused-ring (bicyclic) bond motifs is 1. The van der Waals surface area contributed by atoms with Gasteiger partial charge in [0, 0.05) is 6.54 Å². The highest BCUT2D eigenvalue weighted by atomic mass is 16.5. The molecule has 0 saturated carbocycles. The van der Waals surface area contributed by atoms with E-state index in [0.717, 1.165) is 12.0 Å². The number of benzene rings is 1. The van der Waals surface area contributed by atoms with E-state index in [1.54, 1.807) is 6.92 Å². The summed E-state index contributed by atoms with van der Waals surface area (Å²) in [7, 11) is 0. The van der Waals surface area contributed by atoms with Crippen molar-refractivity contribution in [1.82, 2.24) is 5.06 Å². The van der Waals surface area contributed by atoms with Crippen molar-refractivity contribution in [1.29, 1.82) is 0 Å². The van der Waals surface area contributed by atoms with E-state index in [1.165, 1.54) is 10.6 Å². The summed E-state index contributed by atoms with van der Waals surface area (Å²) in [5, 5.41) is 11.1. The van der Waals surface area contributed by atoms with Gasteiger partial charge in [-0.05, 0) is 24.5 Å². The lowest BCUT2D eigenvalue weighted by Gasteiger charge is -2.32. The first-order valence-corrected chi connectivity index (χ1v) is 5.91. The molecule has 1 unspecified atom stereocenters. The number of hydrogen-bond donors (Lipinski definition) is 1. The van der Waals surface area contributed by atoms with Crippen molar-refractivity contribution >= 4 is 5.97 Å². The molecule has 4 nitrogen and oxygen atoms in total. The number of hydroxylamine groups is 2. The smallest absolute Gasteiger partial charge is 0.307 e. The number of nitrogens with zero attached hydrogens (tertiary/aromatic N) is 1. The molecule has 0 aromatic heterocycles. The van der Waals surface area contributed by atoms with Gasteiger partial charge in [-0.25, -0.2) is 0 Å². The van der Waals surface area contributed by atoms with Gasteiger partial charge in [0.2, 0.25) is 0 Å². The fraction of sp³-hybridized carbons (Fsp3) is 0.462. The molecule has 0 radical (unpaired) electrons. The lowest BCUT2D eigenvalue weighted by Crippen LogP contribution is -2.34. The van der Waals surface area contributed by atoms with E-state index in [1.807, 2.05) is 24.3 Å². The number of hydrogen-bond acceptors (Lipinski definition) is 4. The van der Waals surface area contributed by atoms with Crippen LogP contribution in [0.1, 0.15) is 30.5 Å². The molecule has 1 aliphatic heterocycles. The quantitative estimate of drug-likeness (QED) is 0.813. The summed E-state index contributed by atoms with van der Waals surface area (Å²) in [5.41, 5.74) is 2.22. The average molecular weight is 235 g/mol. The Morgan fingerprint density at radius 2 is 2.29 bits per heavy atom. The van der Waals surface area contributed by atoms with Crippen LogP contribution in [0, 0.1) is 0 Å². The lowest BCUT2D eigenvalue weighted by atomic mass is 9.92. The fourth-order valence-electron chi connectivity index (χ4n) is 2.23. The van der Waals surface area contributed by atoms with Crippen LogP contribution in [0.3, 0.4) is 0 Å². The molecule has 1 aromatic carbocycles. The van der Waals surface area contributed by atoms with Crippen LogP contribution in [0.25, 0.3) is 0 Å². The van der Waals surface area contributed by atoms with Gasteiger partial charge in [-0.2, -0.15) is 5.06 Å². The summed E-state index contributed by atoms with van der Waals surface area (Å²) in [6.07, 6.45) is 1.01. The molecular weight excluding hydrogens is 218 g/mol. The second-order valence-electron chi connectivity index (χ2n) is 4.14. The molecule has 2 rings (SSSR count). The zero-order valence-electron chi connectivity index (χ0n) is 9.93. The predicted molar refractivity (Wildman–Crippen MR) is 62.6 cm³/mol. The first-order valence-electron chi connectivity index (χ1n) is 5.91. The molecule has 0 fully saturated rings. The van der Waals surface area contributed by atoms with Crippen LogP contribution in [0.2, 0.25) is 0 Å². The molecule has 0 spiro atoms. The molecule has 0 bridgehead atoms. The first-order chi connectivity index (χ1) is 8.22. The highest BCUT2D eigenvalue weighted by Crippen LogP contribution is 2.30. The van der Waals surface area contributed by atoms with Crippen molar-refractivity contribution in [3.8, 4) is 0 Å². The van der Waals surface area contributed by atoms with Crippen LogP contribution in [-0.2, 0) is 16.0 Å². The summed E-state index contributed by atoms with van der Waals surface area (Å²) < 4.78 is 4.93. The highest BCUT2D eigenvalue weighted by Gasteiger charge is 2.28. The summed E-state index contributed by atoms with van der Waals surface area (Å²) >= 11 is 0. The zero-order chi connectivity index (χ0) is 12.3. The molecule has 4 heteroatoms. The molecule has 92 valence electrons. The van der Waals surface area contributed by atoms with Crippen molar-refractivity contribution in [2.24, 2.45) is 0 Å². The zero-order valence-corrected chi connectivity index (χ0v) is 9.93. The first kappa shape index (κ1) is 12.1. The topological polar surface area (TPSA) is 49.8 Å². The number of carbonyl (C=O) groups excluding carboxylic acids is 1. The van der Waals surface area contributed by atoms with E-state index in [9.17, 15) is 10.0 Å². The molecular formula is C13H17NO3. The molecule has 0 saturated heterocycles. The minimum absolute atomic E-state index is 0.196. The summed E-state index contributed by atoms with van der Waals surface area (Å²) in [6.45, 7) is 2.71. The summed E-state index contributed by atoms with van der Waals surface area (Å²) in [4.78, 5) is 11.5. The van der Waals surface area contributed by atoms with Crippen molar-refractivity contribution in [2.45, 2.75) is 25.8 Å². The normalized spacial score (nSPS) is 19.8. The van der Waals surface area contributed by atoms with Crippen molar-refractivity contribution < 1.29 is 14.7 Å². The van der Waals surface area contributed by atoms with Crippen LogP contribution < -0.4 is 0 Å². The predicted octanol–water partition coefficient (Wildman–Crippen LogP) is 1.93. The Kier molecular flexibility index (Phi) is 3.76. The van der Waals surface area contributed by atoms with Gasteiger partial charge >= 0.3 is 5.97 Å². The monoisotopic (exact) mass is 235 g/mol. The molecule has 1 aliphatic rings. The largest absolute Gasteiger partial charge is 0.466 e. The Morgan fingerprint density at radius 1 is 1.53 bits per heavy atom. The van der Waals surface area contributed by atoms with Gasteiger partial charge in [0.25, 0.3) is 0 Å². The number of rotatable bonds is 3. The number of esters is 1. The SMILES string of the molecule is CCOC(=O)CC1c2ccccc2CCN1O. The van der Waals surface area contributed by atoms with Gasteiger partial charge < -0.3 is 9.94 Å². The minimum atomic E-state index is -0.279. The Labute approximate surface area is 101 Å². The number of carbonyl (C=O) groups is 1. The van der Waals surface area contributed by atoms with E-state index in [0.29, 0.717) is 13.2 Å². The van der Waals surface area contributed by atoms with Gasteiger partial charge in [0.15, 0.2) is 0 Å². The van der Waals surface area contributed by atoms with Crippen molar-refractivity contribution in [2.75, 3.05) is 13.2 Å². The molecule has 0 amide bonds.